The summed E-state index contributed by atoms with van der Waals surface area (Å²) in [7, 11) is 0. The number of esters is 1. The fourth-order valence-corrected chi connectivity index (χ4v) is 4.02. The molecule has 2 fully saturated rings. The number of nitro benzene ring substituents is 1. The second kappa shape index (κ2) is 9.16. The lowest BCUT2D eigenvalue weighted by atomic mass is 10.0. The molecule has 0 spiro atoms. The minimum atomic E-state index is -0.733. The first-order valence-electron chi connectivity index (χ1n) is 10.6. The van der Waals surface area contributed by atoms with Crippen molar-refractivity contribution < 1.29 is 19.2 Å². The van der Waals surface area contributed by atoms with Crippen molar-refractivity contribution in [3.8, 4) is 0 Å². The molecule has 0 aromatic heterocycles. The van der Waals surface area contributed by atoms with Crippen LogP contribution < -0.4 is 10.2 Å². The van der Waals surface area contributed by atoms with E-state index in [4.69, 9.17) is 4.74 Å². The highest BCUT2D eigenvalue weighted by atomic mass is 16.6. The number of nitrogens with zero attached hydrogens (tertiary/aromatic N) is 2. The van der Waals surface area contributed by atoms with Crippen LogP contribution in [0.25, 0.3) is 0 Å². The van der Waals surface area contributed by atoms with Crippen molar-refractivity contribution in [1.29, 1.82) is 0 Å². The summed E-state index contributed by atoms with van der Waals surface area (Å²) < 4.78 is 5.26. The fraction of sp³-hybridized carbons (Fsp3) is 0.391. The summed E-state index contributed by atoms with van der Waals surface area (Å²) in [6.45, 7) is 1.12. The van der Waals surface area contributed by atoms with Crippen molar-refractivity contribution in [3.63, 3.8) is 0 Å². The average Bonchev–Trinajstić information content (AvgIpc) is 3.48. The average molecular weight is 423 g/mol. The summed E-state index contributed by atoms with van der Waals surface area (Å²) in [6.07, 6.45) is 4.09. The summed E-state index contributed by atoms with van der Waals surface area (Å²) in [4.78, 5) is 37.9. The summed E-state index contributed by atoms with van der Waals surface area (Å²) in [6, 6.07) is 13.8. The number of non-ortho nitro benzene ring substituents is 1. The third kappa shape index (κ3) is 5.02. The van der Waals surface area contributed by atoms with Gasteiger partial charge in [0.25, 0.3) is 11.6 Å². The lowest BCUT2D eigenvalue weighted by Crippen LogP contribution is -2.33. The van der Waals surface area contributed by atoms with Crippen LogP contribution in [0, 0.1) is 16.0 Å². The van der Waals surface area contributed by atoms with Crippen LogP contribution in [0.1, 0.15) is 47.6 Å². The molecule has 4 rings (SSSR count). The Kier molecular flexibility index (Phi) is 6.16. The lowest BCUT2D eigenvalue weighted by Gasteiger charge is -2.21. The number of ether oxygens (including phenoxy) is 1. The smallest absolute Gasteiger partial charge is 0.341 e. The number of nitro groups is 1. The maximum Gasteiger partial charge on any atom is 0.341 e. The van der Waals surface area contributed by atoms with Gasteiger partial charge in [0.05, 0.1) is 22.2 Å². The molecule has 1 atom stereocenters. The quantitative estimate of drug-likeness (QED) is 0.395. The van der Waals surface area contributed by atoms with Crippen LogP contribution in [0.2, 0.25) is 0 Å². The van der Waals surface area contributed by atoms with Crippen LogP contribution >= 0.6 is 0 Å². The zero-order chi connectivity index (χ0) is 21.8. The van der Waals surface area contributed by atoms with Gasteiger partial charge in [0.2, 0.25) is 0 Å². The Morgan fingerprint density at radius 2 is 1.84 bits per heavy atom. The number of hydrogen-bond donors (Lipinski definition) is 1. The second-order valence-corrected chi connectivity index (χ2v) is 8.02. The largest absolute Gasteiger partial charge is 0.452 e. The molecule has 31 heavy (non-hydrogen) atoms. The van der Waals surface area contributed by atoms with Gasteiger partial charge in [-0.1, -0.05) is 30.3 Å². The maximum absolute atomic E-state index is 12.8. The fourth-order valence-electron chi connectivity index (χ4n) is 4.02. The van der Waals surface area contributed by atoms with Crippen molar-refractivity contribution >= 4 is 23.3 Å². The zero-order valence-electron chi connectivity index (χ0n) is 17.2. The van der Waals surface area contributed by atoms with E-state index in [2.05, 4.69) is 5.32 Å². The van der Waals surface area contributed by atoms with E-state index >= 15 is 0 Å². The van der Waals surface area contributed by atoms with Crippen LogP contribution in [0.4, 0.5) is 11.4 Å². The second-order valence-electron chi connectivity index (χ2n) is 8.02. The molecule has 0 bridgehead atoms. The van der Waals surface area contributed by atoms with Gasteiger partial charge in [-0.3, -0.25) is 14.9 Å². The van der Waals surface area contributed by atoms with Gasteiger partial charge in [0.15, 0.2) is 6.61 Å². The van der Waals surface area contributed by atoms with Gasteiger partial charge in [0.1, 0.15) is 0 Å². The van der Waals surface area contributed by atoms with Crippen molar-refractivity contribution in [2.24, 2.45) is 5.92 Å². The van der Waals surface area contributed by atoms with Crippen LogP contribution in [0.15, 0.2) is 48.5 Å². The monoisotopic (exact) mass is 423 g/mol. The molecule has 0 radical (unpaired) electrons. The van der Waals surface area contributed by atoms with Gasteiger partial charge in [-0.05, 0) is 43.2 Å². The molecule has 2 aliphatic rings. The SMILES string of the molecule is O=C(COC(=O)c1cc([N+](=O)[O-])ccc1N1CCCC1)NC(c1ccccc1)C1CC1. The number of benzene rings is 2. The van der Waals surface area contributed by atoms with Crippen molar-refractivity contribution in [2.75, 3.05) is 24.6 Å². The normalized spacial score (nSPS) is 16.6. The molecule has 1 amide bonds. The first kappa shape index (κ1) is 20.8. The Hall–Kier alpha value is -3.42. The minimum absolute atomic E-state index is 0.106. The molecule has 1 N–H and O–H groups in total. The Morgan fingerprint density at radius 1 is 1.13 bits per heavy atom. The number of amides is 1. The molecule has 8 heteroatoms. The van der Waals surface area contributed by atoms with Gasteiger partial charge in [-0.25, -0.2) is 4.79 Å². The van der Waals surface area contributed by atoms with E-state index in [1.54, 1.807) is 6.07 Å². The summed E-state index contributed by atoms with van der Waals surface area (Å²) >= 11 is 0. The molecule has 1 saturated heterocycles. The molecule has 8 nitrogen and oxygen atoms in total. The minimum Gasteiger partial charge on any atom is -0.452 e. The third-order valence-corrected chi connectivity index (χ3v) is 5.76. The predicted octanol–water partition coefficient (Wildman–Crippen LogP) is 3.62. The van der Waals surface area contributed by atoms with E-state index in [0.29, 0.717) is 11.6 Å². The Bertz CT molecular complexity index is 968. The van der Waals surface area contributed by atoms with Crippen molar-refractivity contribution in [3.05, 3.63) is 69.8 Å². The van der Waals surface area contributed by atoms with Crippen LogP contribution in [0.5, 0.6) is 0 Å². The number of hydrogen-bond acceptors (Lipinski definition) is 6. The first-order chi connectivity index (χ1) is 15.0. The molecule has 1 aliphatic carbocycles. The number of carbonyl (C=O) groups excluding carboxylic acids is 2. The summed E-state index contributed by atoms with van der Waals surface area (Å²) in [5.74, 6) is -0.730. The highest BCUT2D eigenvalue weighted by Crippen LogP contribution is 2.40. The number of carbonyl (C=O) groups is 2. The van der Waals surface area contributed by atoms with Crippen molar-refractivity contribution in [1.82, 2.24) is 5.32 Å². The number of anilines is 1. The maximum atomic E-state index is 12.8. The first-order valence-corrected chi connectivity index (χ1v) is 10.6. The Balaban J connectivity index is 1.43. The van der Waals surface area contributed by atoms with E-state index in [1.807, 2.05) is 35.2 Å². The van der Waals surface area contributed by atoms with Gasteiger partial charge in [-0.15, -0.1) is 0 Å². The predicted molar refractivity (Wildman–Crippen MR) is 115 cm³/mol. The standard InChI is InChI=1S/C23H25N3O5/c27-21(24-22(17-8-9-17)16-6-2-1-3-7-16)15-31-23(28)19-14-18(26(29)30)10-11-20(19)25-12-4-5-13-25/h1-3,6-7,10-11,14,17,22H,4-5,8-9,12-13,15H2,(H,24,27). The molecule has 2 aromatic rings. The van der Waals surface area contributed by atoms with E-state index in [9.17, 15) is 19.7 Å². The van der Waals surface area contributed by atoms with E-state index in [0.717, 1.165) is 44.3 Å². The molecule has 1 aliphatic heterocycles. The Labute approximate surface area is 180 Å². The summed E-state index contributed by atoms with van der Waals surface area (Å²) in [5.41, 5.74) is 1.57. The molecule has 2 aromatic carbocycles. The van der Waals surface area contributed by atoms with Crippen molar-refractivity contribution in [2.45, 2.75) is 31.7 Å². The van der Waals surface area contributed by atoms with Crippen LogP contribution in [-0.2, 0) is 9.53 Å². The Morgan fingerprint density at radius 3 is 2.48 bits per heavy atom. The van der Waals surface area contributed by atoms with Crippen LogP contribution in [0.3, 0.4) is 0 Å². The third-order valence-electron chi connectivity index (χ3n) is 5.76. The van der Waals surface area contributed by atoms with E-state index in [1.165, 1.54) is 12.1 Å². The van der Waals surface area contributed by atoms with E-state index < -0.39 is 17.5 Å². The molecule has 1 unspecified atom stereocenters. The van der Waals surface area contributed by atoms with Gasteiger partial charge >= 0.3 is 5.97 Å². The van der Waals surface area contributed by atoms with Gasteiger partial charge in [0, 0.05) is 25.2 Å². The molecule has 1 heterocycles. The van der Waals surface area contributed by atoms with Crippen LogP contribution in [-0.4, -0.2) is 36.5 Å². The van der Waals surface area contributed by atoms with Gasteiger partial charge < -0.3 is 15.0 Å². The van der Waals surface area contributed by atoms with E-state index in [-0.39, 0.29) is 23.2 Å². The van der Waals surface area contributed by atoms with Gasteiger partial charge in [-0.2, -0.15) is 0 Å². The summed E-state index contributed by atoms with van der Waals surface area (Å²) in [5, 5.41) is 14.1. The highest BCUT2D eigenvalue weighted by molar-refractivity contribution is 5.97. The number of nitrogens with one attached hydrogen (secondary N) is 1. The molecular formula is C23H25N3O5. The molecule has 1 saturated carbocycles. The lowest BCUT2D eigenvalue weighted by molar-refractivity contribution is -0.384. The topological polar surface area (TPSA) is 102 Å². The highest BCUT2D eigenvalue weighted by Gasteiger charge is 2.33. The molecule has 162 valence electrons. The zero-order valence-corrected chi connectivity index (χ0v) is 17.2. The number of rotatable bonds is 8. The molecular weight excluding hydrogens is 398 g/mol.